The molecule has 0 bridgehead atoms. The van der Waals surface area contributed by atoms with Gasteiger partial charge in [-0.2, -0.15) is 0 Å². The third kappa shape index (κ3) is 4.68. The zero-order chi connectivity index (χ0) is 25.1. The summed E-state index contributed by atoms with van der Waals surface area (Å²) in [7, 11) is 0. The number of hydrogen-bond donors (Lipinski definition) is 2. The lowest BCUT2D eigenvalue weighted by Gasteiger charge is -2.46. The number of β-lactam (4-membered cyclic amide) rings is 1. The summed E-state index contributed by atoms with van der Waals surface area (Å²) in [5.74, 6) is -0.507. The normalized spacial score (nSPS) is 22.5. The SMILES string of the molecule is C=CCOC(=O)NCCOc1cc2c(c(C(=O)OCC=C)c1)C1=CN3C(=O)[C@H]([C@@H](C)O)[C@H]3[C@H]1CC2. The van der Waals surface area contributed by atoms with E-state index in [1.807, 2.05) is 12.3 Å². The lowest BCUT2D eigenvalue weighted by atomic mass is 9.70. The fraction of sp³-hybridized carbons (Fsp3) is 0.423. The first-order valence-corrected chi connectivity index (χ1v) is 11.7. The van der Waals surface area contributed by atoms with Crippen LogP contribution in [0.4, 0.5) is 4.79 Å². The highest BCUT2D eigenvalue weighted by molar-refractivity contribution is 6.00. The van der Waals surface area contributed by atoms with Crippen LogP contribution in [0.1, 0.15) is 34.8 Å². The van der Waals surface area contributed by atoms with E-state index in [-0.39, 0.29) is 44.2 Å². The van der Waals surface area contributed by atoms with Gasteiger partial charge in [0.05, 0.1) is 30.2 Å². The van der Waals surface area contributed by atoms with Crippen molar-refractivity contribution in [3.05, 3.63) is 60.3 Å². The van der Waals surface area contributed by atoms with Crippen LogP contribution in [0.5, 0.6) is 5.75 Å². The van der Waals surface area contributed by atoms with Crippen LogP contribution in [0.25, 0.3) is 5.57 Å². The summed E-state index contributed by atoms with van der Waals surface area (Å²) >= 11 is 0. The van der Waals surface area contributed by atoms with Gasteiger partial charge < -0.3 is 29.5 Å². The Morgan fingerprint density at radius 3 is 2.71 bits per heavy atom. The molecule has 2 heterocycles. The van der Waals surface area contributed by atoms with E-state index in [9.17, 15) is 19.5 Å². The predicted octanol–water partition coefficient (Wildman–Crippen LogP) is 2.45. The summed E-state index contributed by atoms with van der Waals surface area (Å²) in [5, 5.41) is 12.7. The standard InChI is InChI=1S/C26H30N2O7/c1-4-9-34-25(31)19-13-17(33-11-8-27-26(32)35-10-5-2)12-16-6-7-18-20(22(16)19)14-28-23(18)21(15(3)29)24(28)30/h4-5,12-15,18,21,23,29H,1-2,6-11H2,3H3,(H,27,32)/t15-,18+,21-,23-/m1/s1. The molecule has 0 unspecified atom stereocenters. The van der Waals surface area contributed by atoms with Crippen molar-refractivity contribution in [1.29, 1.82) is 0 Å². The van der Waals surface area contributed by atoms with Gasteiger partial charge >= 0.3 is 12.1 Å². The van der Waals surface area contributed by atoms with E-state index in [1.165, 1.54) is 12.2 Å². The molecule has 3 aliphatic rings. The number of aliphatic hydroxyl groups is 1. The molecular formula is C26H30N2O7. The molecule has 2 amide bonds. The van der Waals surface area contributed by atoms with Crippen molar-refractivity contribution in [3.8, 4) is 5.75 Å². The van der Waals surface area contributed by atoms with Gasteiger partial charge in [0.2, 0.25) is 5.91 Å². The smallest absolute Gasteiger partial charge is 0.407 e. The maximum Gasteiger partial charge on any atom is 0.407 e. The summed E-state index contributed by atoms with van der Waals surface area (Å²) in [6.45, 7) is 9.30. The highest BCUT2D eigenvalue weighted by atomic mass is 16.5. The lowest BCUT2D eigenvalue weighted by molar-refractivity contribution is -0.158. The molecule has 2 aliphatic heterocycles. The van der Waals surface area contributed by atoms with Crippen LogP contribution in [-0.4, -0.2) is 66.5 Å². The average molecular weight is 483 g/mol. The Labute approximate surface area is 204 Å². The summed E-state index contributed by atoms with van der Waals surface area (Å²) in [6.07, 6.45) is 4.97. The Morgan fingerprint density at radius 2 is 2.00 bits per heavy atom. The number of hydrogen-bond acceptors (Lipinski definition) is 7. The van der Waals surface area contributed by atoms with Crippen molar-refractivity contribution in [2.45, 2.75) is 31.9 Å². The van der Waals surface area contributed by atoms with E-state index < -0.39 is 24.1 Å². The van der Waals surface area contributed by atoms with Gasteiger partial charge in [0.1, 0.15) is 25.6 Å². The zero-order valence-corrected chi connectivity index (χ0v) is 19.7. The number of carbonyl (C=O) groups excluding carboxylic acids is 3. The molecule has 1 saturated heterocycles. The van der Waals surface area contributed by atoms with Crippen LogP contribution < -0.4 is 10.1 Å². The number of ether oxygens (including phenoxy) is 3. The first kappa shape index (κ1) is 24.5. The van der Waals surface area contributed by atoms with Crippen molar-refractivity contribution in [1.82, 2.24) is 10.2 Å². The molecule has 1 aromatic carbocycles. The minimum absolute atomic E-state index is 0.0447. The summed E-state index contributed by atoms with van der Waals surface area (Å²) in [6, 6.07) is 3.43. The number of carbonyl (C=O) groups is 3. The third-order valence-corrected chi connectivity index (χ3v) is 6.57. The van der Waals surface area contributed by atoms with E-state index in [0.717, 1.165) is 23.1 Å². The number of amides is 2. The van der Waals surface area contributed by atoms with Crippen LogP contribution >= 0.6 is 0 Å². The molecule has 9 nitrogen and oxygen atoms in total. The van der Waals surface area contributed by atoms with Crippen LogP contribution in [-0.2, 0) is 20.7 Å². The van der Waals surface area contributed by atoms with Crippen molar-refractivity contribution in [3.63, 3.8) is 0 Å². The van der Waals surface area contributed by atoms with Gasteiger partial charge in [0, 0.05) is 12.1 Å². The molecule has 1 aromatic rings. The minimum atomic E-state index is -0.728. The number of nitrogens with one attached hydrogen (secondary N) is 1. The van der Waals surface area contributed by atoms with Crippen molar-refractivity contribution in [2.75, 3.05) is 26.4 Å². The van der Waals surface area contributed by atoms with Crippen LogP contribution in [0.2, 0.25) is 0 Å². The maximum absolute atomic E-state index is 13.0. The van der Waals surface area contributed by atoms with Gasteiger partial charge in [-0.3, -0.25) is 4.79 Å². The van der Waals surface area contributed by atoms with Crippen LogP contribution in [0, 0.1) is 11.8 Å². The van der Waals surface area contributed by atoms with Crippen LogP contribution in [0.3, 0.4) is 0 Å². The first-order chi connectivity index (χ1) is 16.9. The minimum Gasteiger partial charge on any atom is -0.492 e. The molecule has 2 N–H and O–H groups in total. The second-order valence-corrected chi connectivity index (χ2v) is 8.79. The van der Waals surface area contributed by atoms with Gasteiger partial charge in [-0.25, -0.2) is 9.59 Å². The Morgan fingerprint density at radius 1 is 1.26 bits per heavy atom. The Hall–Kier alpha value is -3.59. The molecule has 0 spiro atoms. The van der Waals surface area contributed by atoms with Crippen molar-refractivity contribution in [2.24, 2.45) is 11.8 Å². The second-order valence-electron chi connectivity index (χ2n) is 8.79. The number of aryl methyl sites for hydroxylation is 1. The summed E-state index contributed by atoms with van der Waals surface area (Å²) in [4.78, 5) is 38.8. The number of fused-ring (bicyclic) bond motifs is 5. The topological polar surface area (TPSA) is 114 Å². The fourth-order valence-electron chi connectivity index (χ4n) is 5.13. The molecular weight excluding hydrogens is 452 g/mol. The molecule has 186 valence electrons. The Balaban J connectivity index is 1.56. The first-order valence-electron chi connectivity index (χ1n) is 11.7. The molecule has 0 saturated carbocycles. The molecule has 1 aliphatic carbocycles. The average Bonchev–Trinajstić information content (AvgIpc) is 3.17. The summed E-state index contributed by atoms with van der Waals surface area (Å²) < 4.78 is 16.0. The summed E-state index contributed by atoms with van der Waals surface area (Å²) in [5.41, 5.74) is 2.96. The van der Waals surface area contributed by atoms with E-state index >= 15 is 0 Å². The van der Waals surface area contributed by atoms with Gasteiger partial charge in [-0.15, -0.1) is 0 Å². The largest absolute Gasteiger partial charge is 0.492 e. The van der Waals surface area contributed by atoms with E-state index in [0.29, 0.717) is 17.7 Å². The number of rotatable bonds is 10. The molecule has 0 aromatic heterocycles. The molecule has 4 rings (SSSR count). The maximum atomic E-state index is 13.0. The van der Waals surface area contributed by atoms with Gasteiger partial charge in [-0.1, -0.05) is 25.3 Å². The lowest BCUT2D eigenvalue weighted by Crippen LogP contribution is -2.62. The highest BCUT2D eigenvalue weighted by Crippen LogP contribution is 2.52. The van der Waals surface area contributed by atoms with Crippen LogP contribution in [0.15, 0.2) is 43.6 Å². The van der Waals surface area contributed by atoms with Gasteiger partial charge in [0.15, 0.2) is 0 Å². The molecule has 0 radical (unpaired) electrons. The van der Waals surface area contributed by atoms with E-state index in [2.05, 4.69) is 18.5 Å². The monoisotopic (exact) mass is 482 g/mol. The number of benzene rings is 1. The fourth-order valence-corrected chi connectivity index (χ4v) is 5.13. The molecule has 9 heteroatoms. The number of nitrogens with zero attached hydrogens (tertiary/aromatic N) is 1. The number of esters is 1. The van der Waals surface area contributed by atoms with Gasteiger partial charge in [0.25, 0.3) is 0 Å². The molecule has 4 atom stereocenters. The van der Waals surface area contributed by atoms with E-state index in [1.54, 1.807) is 17.9 Å². The van der Waals surface area contributed by atoms with Crippen molar-refractivity contribution < 1.29 is 33.7 Å². The third-order valence-electron chi connectivity index (χ3n) is 6.57. The Kier molecular flexibility index (Phi) is 7.25. The highest BCUT2D eigenvalue weighted by Gasteiger charge is 2.57. The molecule has 1 fully saturated rings. The zero-order valence-electron chi connectivity index (χ0n) is 19.7. The van der Waals surface area contributed by atoms with Crippen molar-refractivity contribution >= 4 is 23.5 Å². The van der Waals surface area contributed by atoms with E-state index in [4.69, 9.17) is 14.2 Å². The predicted molar refractivity (Wildman–Crippen MR) is 128 cm³/mol. The molecule has 35 heavy (non-hydrogen) atoms. The van der Waals surface area contributed by atoms with Gasteiger partial charge in [-0.05, 0) is 48.6 Å². The Bertz CT molecular complexity index is 1080. The quantitative estimate of drug-likeness (QED) is 0.228. The second kappa shape index (κ2) is 10.4. The number of alkyl carbamates (subject to hydrolysis) is 1. The number of aliphatic hydroxyl groups excluding tert-OH is 1.